The second-order valence-electron chi connectivity index (χ2n) is 3.30. The van der Waals surface area contributed by atoms with Crippen LogP contribution in [0, 0.1) is 11.6 Å². The number of nitrogens with one attached hydrogen (secondary N) is 1. The van der Waals surface area contributed by atoms with E-state index in [-0.39, 0.29) is 0 Å². The molecule has 1 N–H and O–H groups in total. The van der Waals surface area contributed by atoms with Gasteiger partial charge in [0.1, 0.15) is 9.79 Å². The molecular weight excluding hydrogens is 228 g/mol. The third kappa shape index (κ3) is 2.25. The first kappa shape index (κ1) is 10.3. The van der Waals surface area contributed by atoms with Crippen LogP contribution in [-0.2, 0) is 0 Å². The highest BCUT2D eigenvalue weighted by Gasteiger charge is 2.02. The molecule has 0 aliphatic rings. The van der Waals surface area contributed by atoms with Crippen LogP contribution in [0.15, 0.2) is 30.3 Å². The molecule has 0 radical (unpaired) electrons. The lowest BCUT2D eigenvalue weighted by Gasteiger charge is -2.02. The van der Waals surface area contributed by atoms with Crippen LogP contribution in [0.4, 0.5) is 0 Å². The third-order valence-electron chi connectivity index (χ3n) is 2.10. The molecule has 0 saturated heterocycles. The van der Waals surface area contributed by atoms with Crippen LogP contribution in [0.2, 0.25) is 5.15 Å². The minimum absolute atomic E-state index is 0.417. The molecule has 2 rings (SSSR count). The lowest BCUT2D eigenvalue weighted by Crippen LogP contribution is -1.87. The summed E-state index contributed by atoms with van der Waals surface area (Å²) in [5.74, 6) is 0. The van der Waals surface area contributed by atoms with E-state index < -0.39 is 0 Å². The zero-order chi connectivity index (χ0) is 10.8. The molecule has 0 saturated carbocycles. The maximum atomic E-state index is 5.82. The standard InChI is InChI=1S/C11H9ClN2S/c1-7-3-2-4-8(5-7)9-6-10(12)13-14-11(9)15/h2-6H,1H3,(H,14,15). The van der Waals surface area contributed by atoms with Gasteiger partial charge in [0.25, 0.3) is 0 Å². The highest BCUT2D eigenvalue weighted by Crippen LogP contribution is 2.22. The first-order valence-corrected chi connectivity index (χ1v) is 5.28. The van der Waals surface area contributed by atoms with E-state index >= 15 is 0 Å². The van der Waals surface area contributed by atoms with Crippen molar-refractivity contribution in [3.63, 3.8) is 0 Å². The summed E-state index contributed by atoms with van der Waals surface area (Å²) in [5.41, 5.74) is 3.16. The molecule has 15 heavy (non-hydrogen) atoms. The summed E-state index contributed by atoms with van der Waals surface area (Å²) in [6.07, 6.45) is 0. The number of benzene rings is 1. The van der Waals surface area contributed by atoms with Crippen LogP contribution in [-0.4, -0.2) is 10.2 Å². The molecule has 0 spiro atoms. The fraction of sp³-hybridized carbons (Fsp3) is 0.0909. The van der Waals surface area contributed by atoms with Crippen LogP contribution >= 0.6 is 23.8 Å². The number of hydrogen-bond acceptors (Lipinski definition) is 2. The third-order valence-corrected chi connectivity index (χ3v) is 2.61. The van der Waals surface area contributed by atoms with Gasteiger partial charge >= 0.3 is 0 Å². The Bertz CT molecular complexity index is 548. The summed E-state index contributed by atoms with van der Waals surface area (Å²) in [6, 6.07) is 9.87. The van der Waals surface area contributed by atoms with Crippen molar-refractivity contribution in [1.82, 2.24) is 10.2 Å². The molecule has 76 valence electrons. The molecular formula is C11H9ClN2S. The highest BCUT2D eigenvalue weighted by molar-refractivity contribution is 7.71. The SMILES string of the molecule is Cc1cccc(-c2cc(Cl)n[nH]c2=S)c1. The van der Waals surface area contributed by atoms with Gasteiger partial charge < -0.3 is 0 Å². The smallest absolute Gasteiger partial charge is 0.150 e. The van der Waals surface area contributed by atoms with Gasteiger partial charge in [0, 0.05) is 5.56 Å². The molecule has 1 aromatic heterocycles. The largest absolute Gasteiger partial charge is 0.266 e. The molecule has 0 bridgehead atoms. The fourth-order valence-corrected chi connectivity index (χ4v) is 1.78. The van der Waals surface area contributed by atoms with Crippen LogP contribution in [0.1, 0.15) is 5.56 Å². The summed E-state index contributed by atoms with van der Waals surface area (Å²) in [6.45, 7) is 2.04. The molecule has 1 aromatic carbocycles. The quantitative estimate of drug-likeness (QED) is 0.764. The van der Waals surface area contributed by atoms with E-state index in [0.29, 0.717) is 9.79 Å². The number of aryl methyl sites for hydroxylation is 1. The van der Waals surface area contributed by atoms with E-state index in [0.717, 1.165) is 11.1 Å². The van der Waals surface area contributed by atoms with E-state index in [1.807, 2.05) is 25.1 Å². The summed E-state index contributed by atoms with van der Waals surface area (Å²) >= 11 is 11.0. The van der Waals surface area contributed by atoms with Crippen molar-refractivity contribution in [2.45, 2.75) is 6.92 Å². The topological polar surface area (TPSA) is 28.7 Å². The van der Waals surface area contributed by atoms with E-state index in [2.05, 4.69) is 16.3 Å². The van der Waals surface area contributed by atoms with Gasteiger partial charge in [0.05, 0.1) is 0 Å². The molecule has 0 unspecified atom stereocenters. The monoisotopic (exact) mass is 236 g/mol. The van der Waals surface area contributed by atoms with Crippen molar-refractivity contribution in [1.29, 1.82) is 0 Å². The molecule has 2 nitrogen and oxygen atoms in total. The van der Waals surface area contributed by atoms with Crippen molar-refractivity contribution in [2.24, 2.45) is 0 Å². The maximum absolute atomic E-state index is 5.82. The van der Waals surface area contributed by atoms with Gasteiger partial charge in [-0.2, -0.15) is 5.10 Å². The molecule has 0 atom stereocenters. The first-order chi connectivity index (χ1) is 7.16. The van der Waals surface area contributed by atoms with Crippen molar-refractivity contribution in [3.05, 3.63) is 45.7 Å². The van der Waals surface area contributed by atoms with Gasteiger partial charge in [-0.25, -0.2) is 0 Å². The number of rotatable bonds is 1. The van der Waals surface area contributed by atoms with Crippen molar-refractivity contribution in [2.75, 3.05) is 0 Å². The average molecular weight is 237 g/mol. The number of H-pyrrole nitrogens is 1. The van der Waals surface area contributed by atoms with Gasteiger partial charge in [0.15, 0.2) is 0 Å². The van der Waals surface area contributed by atoms with Gasteiger partial charge in [-0.05, 0) is 18.6 Å². The Balaban J connectivity index is 2.63. The zero-order valence-electron chi connectivity index (χ0n) is 8.12. The fourth-order valence-electron chi connectivity index (χ4n) is 1.41. The lowest BCUT2D eigenvalue weighted by atomic mass is 10.1. The van der Waals surface area contributed by atoms with Crippen molar-refractivity contribution in [3.8, 4) is 11.1 Å². The Morgan fingerprint density at radius 2 is 2.13 bits per heavy atom. The molecule has 0 amide bonds. The Morgan fingerprint density at radius 1 is 1.33 bits per heavy atom. The van der Waals surface area contributed by atoms with Gasteiger partial charge in [-0.1, -0.05) is 53.6 Å². The predicted octanol–water partition coefficient (Wildman–Crippen LogP) is 3.77. The molecule has 0 fully saturated rings. The predicted molar refractivity (Wildman–Crippen MR) is 64.6 cm³/mol. The Hall–Kier alpha value is -1.19. The molecule has 2 aromatic rings. The van der Waals surface area contributed by atoms with E-state index in [1.165, 1.54) is 5.56 Å². The number of aromatic amines is 1. The Kier molecular flexibility index (Phi) is 2.84. The van der Waals surface area contributed by atoms with Crippen LogP contribution in [0.25, 0.3) is 11.1 Å². The second kappa shape index (κ2) is 4.13. The van der Waals surface area contributed by atoms with E-state index in [4.69, 9.17) is 23.8 Å². The number of halogens is 1. The summed E-state index contributed by atoms with van der Waals surface area (Å²) < 4.78 is 0.602. The highest BCUT2D eigenvalue weighted by atomic mass is 35.5. The minimum Gasteiger partial charge on any atom is -0.266 e. The minimum atomic E-state index is 0.417. The molecule has 0 aliphatic carbocycles. The second-order valence-corrected chi connectivity index (χ2v) is 4.10. The van der Waals surface area contributed by atoms with Gasteiger partial charge in [-0.3, -0.25) is 5.10 Å². The zero-order valence-corrected chi connectivity index (χ0v) is 9.69. The van der Waals surface area contributed by atoms with Crippen LogP contribution in [0.5, 0.6) is 0 Å². The maximum Gasteiger partial charge on any atom is 0.150 e. The lowest BCUT2D eigenvalue weighted by molar-refractivity contribution is 1.02. The van der Waals surface area contributed by atoms with Crippen LogP contribution in [0.3, 0.4) is 0 Å². The average Bonchev–Trinajstić information content (AvgIpc) is 2.22. The summed E-state index contributed by atoms with van der Waals surface area (Å²) in [5, 5.41) is 6.96. The first-order valence-electron chi connectivity index (χ1n) is 4.49. The summed E-state index contributed by atoms with van der Waals surface area (Å²) in [4.78, 5) is 0. The van der Waals surface area contributed by atoms with Gasteiger partial charge in [-0.15, -0.1) is 0 Å². The number of nitrogens with zero attached hydrogens (tertiary/aromatic N) is 1. The summed E-state index contributed by atoms with van der Waals surface area (Å²) in [7, 11) is 0. The molecule has 1 heterocycles. The Morgan fingerprint density at radius 3 is 2.87 bits per heavy atom. The number of hydrogen-bond donors (Lipinski definition) is 1. The van der Waals surface area contributed by atoms with Crippen LogP contribution < -0.4 is 0 Å². The van der Waals surface area contributed by atoms with E-state index in [9.17, 15) is 0 Å². The molecule has 0 aliphatic heterocycles. The molecule has 4 heteroatoms. The normalized spacial score (nSPS) is 10.3. The van der Waals surface area contributed by atoms with Crippen molar-refractivity contribution < 1.29 is 0 Å². The van der Waals surface area contributed by atoms with Gasteiger partial charge in [0.2, 0.25) is 0 Å². The number of aromatic nitrogens is 2. The van der Waals surface area contributed by atoms with E-state index in [1.54, 1.807) is 6.07 Å². The van der Waals surface area contributed by atoms with Crippen molar-refractivity contribution >= 4 is 23.8 Å². The Labute approximate surface area is 97.9 Å².